The Balaban J connectivity index is 1.96. The van der Waals surface area contributed by atoms with Crippen molar-refractivity contribution in [3.05, 3.63) is 11.8 Å². The summed E-state index contributed by atoms with van der Waals surface area (Å²) in [4.78, 5) is 4.69. The molecule has 0 radical (unpaired) electrons. The lowest BCUT2D eigenvalue weighted by atomic mass is 10.2. The molecule has 0 aromatic carbocycles. The Labute approximate surface area is 120 Å². The van der Waals surface area contributed by atoms with Crippen molar-refractivity contribution in [1.29, 1.82) is 5.26 Å². The van der Waals surface area contributed by atoms with Gasteiger partial charge in [-0.05, 0) is 26.0 Å². The molecule has 3 rings (SSSR count). The molecule has 1 aromatic rings. The molecule has 1 aromatic heterocycles. The second kappa shape index (κ2) is 5.37. The van der Waals surface area contributed by atoms with Crippen LogP contribution in [0.25, 0.3) is 0 Å². The highest BCUT2D eigenvalue weighted by Crippen LogP contribution is 2.38. The number of nitrogen functional groups attached to an aromatic ring is 1. The van der Waals surface area contributed by atoms with Crippen molar-refractivity contribution in [2.75, 3.05) is 43.9 Å². The molecule has 5 heteroatoms. The van der Waals surface area contributed by atoms with Crippen LogP contribution in [-0.2, 0) is 0 Å². The average molecular weight is 273 g/mol. The summed E-state index contributed by atoms with van der Waals surface area (Å²) in [5, 5.41) is 9.40. The van der Waals surface area contributed by atoms with Gasteiger partial charge >= 0.3 is 0 Å². The minimum absolute atomic E-state index is 0.455. The van der Waals surface area contributed by atoms with Crippen LogP contribution in [0, 0.1) is 11.3 Å². The Morgan fingerprint density at radius 1 is 1.20 bits per heavy atom. The molecule has 0 spiro atoms. The molecular weight excluding hydrogens is 250 g/mol. The fraction of sp³-hybridized carbons (Fsp3) is 0.667. The second-order valence-electron chi connectivity index (χ2n) is 6.02. The number of aromatic nitrogens is 1. The van der Waals surface area contributed by atoms with Gasteiger partial charge in [0.15, 0.2) is 0 Å². The largest absolute Gasteiger partial charge is 0.396 e. The van der Waals surface area contributed by atoms with Crippen molar-refractivity contribution < 1.29 is 0 Å². The molecule has 108 valence electrons. The van der Waals surface area contributed by atoms with Crippen LogP contribution in [0.2, 0.25) is 0 Å². The van der Waals surface area contributed by atoms with Gasteiger partial charge in [-0.1, -0.05) is 12.8 Å². The maximum absolute atomic E-state index is 9.40. The number of hydrogen-bond acceptors (Lipinski definition) is 4. The maximum atomic E-state index is 9.40. The molecule has 2 aliphatic rings. The second-order valence-corrected chi connectivity index (χ2v) is 6.02. The van der Waals surface area contributed by atoms with Gasteiger partial charge in [-0.25, -0.2) is 0 Å². The van der Waals surface area contributed by atoms with Gasteiger partial charge in [-0.2, -0.15) is 5.26 Å². The summed E-state index contributed by atoms with van der Waals surface area (Å²) < 4.78 is 2.22. The molecule has 20 heavy (non-hydrogen) atoms. The Bertz CT molecular complexity index is 513. The zero-order valence-electron chi connectivity index (χ0n) is 12.2. The predicted octanol–water partition coefficient (Wildman–Crippen LogP) is 1.81. The molecular formula is C15H23N5. The van der Waals surface area contributed by atoms with E-state index in [0.717, 1.165) is 43.4 Å². The summed E-state index contributed by atoms with van der Waals surface area (Å²) in [5.74, 6) is 1.08. The quantitative estimate of drug-likeness (QED) is 0.892. The van der Waals surface area contributed by atoms with Crippen LogP contribution in [0.5, 0.6) is 0 Å². The van der Waals surface area contributed by atoms with Gasteiger partial charge in [0, 0.05) is 32.2 Å². The predicted molar refractivity (Wildman–Crippen MR) is 80.8 cm³/mol. The van der Waals surface area contributed by atoms with Crippen LogP contribution in [-0.4, -0.2) is 42.7 Å². The van der Waals surface area contributed by atoms with E-state index in [2.05, 4.69) is 27.5 Å². The molecule has 0 amide bonds. The summed E-state index contributed by atoms with van der Waals surface area (Å²) in [6.45, 7) is 4.08. The molecule has 0 unspecified atom stereocenters. The lowest BCUT2D eigenvalue weighted by Crippen LogP contribution is -2.45. The zero-order valence-corrected chi connectivity index (χ0v) is 12.2. The molecule has 0 bridgehead atoms. The van der Waals surface area contributed by atoms with Crippen LogP contribution >= 0.6 is 0 Å². The van der Waals surface area contributed by atoms with E-state index in [1.807, 2.05) is 6.07 Å². The topological polar surface area (TPSA) is 61.2 Å². The first kappa shape index (κ1) is 13.3. The normalized spacial score (nSPS) is 21.3. The third-order valence-corrected chi connectivity index (χ3v) is 4.65. The van der Waals surface area contributed by atoms with Gasteiger partial charge in [0.05, 0.1) is 5.69 Å². The number of rotatable bonds is 2. The molecule has 1 aliphatic heterocycles. The Morgan fingerprint density at radius 2 is 1.85 bits per heavy atom. The first-order chi connectivity index (χ1) is 9.70. The highest BCUT2D eigenvalue weighted by molar-refractivity contribution is 5.68. The number of anilines is 2. The summed E-state index contributed by atoms with van der Waals surface area (Å²) in [6, 6.07) is 4.64. The fourth-order valence-corrected chi connectivity index (χ4v) is 3.51. The van der Waals surface area contributed by atoms with E-state index in [-0.39, 0.29) is 0 Å². The minimum Gasteiger partial charge on any atom is -0.396 e. The van der Waals surface area contributed by atoms with Crippen molar-refractivity contribution in [1.82, 2.24) is 9.47 Å². The van der Waals surface area contributed by atoms with Crippen molar-refractivity contribution >= 4 is 11.5 Å². The fourth-order valence-electron chi connectivity index (χ4n) is 3.51. The Kier molecular flexibility index (Phi) is 3.58. The molecule has 1 saturated heterocycles. The van der Waals surface area contributed by atoms with Crippen molar-refractivity contribution in [3.63, 3.8) is 0 Å². The molecule has 0 atom stereocenters. The third kappa shape index (κ3) is 2.25. The first-order valence-corrected chi connectivity index (χ1v) is 7.55. The SMILES string of the molecule is CN1CCN(c2c(N)cc(C#N)n2C2CCCC2)CC1. The van der Waals surface area contributed by atoms with Crippen molar-refractivity contribution in [2.24, 2.45) is 0 Å². The van der Waals surface area contributed by atoms with Gasteiger partial charge in [0.2, 0.25) is 0 Å². The maximum Gasteiger partial charge on any atom is 0.133 e. The summed E-state index contributed by atoms with van der Waals surface area (Å²) in [5.41, 5.74) is 7.71. The van der Waals surface area contributed by atoms with E-state index >= 15 is 0 Å². The van der Waals surface area contributed by atoms with Crippen LogP contribution in [0.4, 0.5) is 11.5 Å². The molecule has 2 N–H and O–H groups in total. The van der Waals surface area contributed by atoms with Crippen molar-refractivity contribution in [3.8, 4) is 6.07 Å². The summed E-state index contributed by atoms with van der Waals surface area (Å²) in [6.07, 6.45) is 4.86. The Morgan fingerprint density at radius 3 is 2.45 bits per heavy atom. The number of hydrogen-bond donors (Lipinski definition) is 1. The first-order valence-electron chi connectivity index (χ1n) is 7.55. The highest BCUT2D eigenvalue weighted by Gasteiger charge is 2.27. The number of nitrogens with two attached hydrogens (primary N) is 1. The summed E-state index contributed by atoms with van der Waals surface area (Å²) >= 11 is 0. The van der Waals surface area contributed by atoms with Crippen LogP contribution in [0.1, 0.15) is 37.4 Å². The van der Waals surface area contributed by atoms with Crippen LogP contribution in [0.3, 0.4) is 0 Å². The smallest absolute Gasteiger partial charge is 0.133 e. The van der Waals surface area contributed by atoms with E-state index in [1.54, 1.807) is 0 Å². The van der Waals surface area contributed by atoms with E-state index in [1.165, 1.54) is 25.7 Å². The lowest BCUT2D eigenvalue weighted by Gasteiger charge is -2.35. The average Bonchev–Trinajstić information content (AvgIpc) is 3.06. The van der Waals surface area contributed by atoms with E-state index in [0.29, 0.717) is 6.04 Å². The zero-order chi connectivity index (χ0) is 14.1. The van der Waals surface area contributed by atoms with Gasteiger partial charge < -0.3 is 20.1 Å². The van der Waals surface area contributed by atoms with Gasteiger partial charge in [-0.3, -0.25) is 0 Å². The monoisotopic (exact) mass is 273 g/mol. The van der Waals surface area contributed by atoms with E-state index in [9.17, 15) is 5.26 Å². The molecule has 2 fully saturated rings. The molecule has 5 nitrogen and oxygen atoms in total. The van der Waals surface area contributed by atoms with Crippen LogP contribution < -0.4 is 10.6 Å². The van der Waals surface area contributed by atoms with E-state index < -0.39 is 0 Å². The Hall–Kier alpha value is -1.67. The standard InChI is InChI=1S/C15H23N5/c1-18-6-8-19(9-7-18)15-14(17)10-13(11-16)20(15)12-4-2-3-5-12/h10,12H,2-9,17H2,1H3. The lowest BCUT2D eigenvalue weighted by molar-refractivity contribution is 0.310. The van der Waals surface area contributed by atoms with Gasteiger partial charge in [-0.15, -0.1) is 0 Å². The van der Waals surface area contributed by atoms with Crippen molar-refractivity contribution in [2.45, 2.75) is 31.7 Å². The third-order valence-electron chi connectivity index (χ3n) is 4.65. The number of likely N-dealkylation sites (N-methyl/N-ethyl adjacent to an activating group) is 1. The minimum atomic E-state index is 0.455. The van der Waals surface area contributed by atoms with E-state index in [4.69, 9.17) is 5.73 Å². The molecule has 2 heterocycles. The van der Waals surface area contributed by atoms with Gasteiger partial charge in [0.1, 0.15) is 17.6 Å². The molecule has 1 saturated carbocycles. The van der Waals surface area contributed by atoms with Gasteiger partial charge in [0.25, 0.3) is 0 Å². The number of nitriles is 1. The van der Waals surface area contributed by atoms with Crippen LogP contribution in [0.15, 0.2) is 6.07 Å². The number of piperazine rings is 1. The number of nitrogens with zero attached hydrogens (tertiary/aromatic N) is 4. The summed E-state index contributed by atoms with van der Waals surface area (Å²) in [7, 11) is 2.15. The molecule has 1 aliphatic carbocycles. The highest BCUT2D eigenvalue weighted by atomic mass is 15.3.